The van der Waals surface area contributed by atoms with Gasteiger partial charge in [0.2, 0.25) is 0 Å². The lowest BCUT2D eigenvalue weighted by atomic mass is 10.0. The Labute approximate surface area is 114 Å². The fourth-order valence-electron chi connectivity index (χ4n) is 2.06. The number of nitrogens with zero attached hydrogens (tertiary/aromatic N) is 2. The Morgan fingerprint density at radius 3 is 2.79 bits per heavy atom. The summed E-state index contributed by atoms with van der Waals surface area (Å²) in [5.41, 5.74) is 3.59. The second-order valence-electron chi connectivity index (χ2n) is 4.39. The Hall–Kier alpha value is -1.81. The fraction of sp³-hybridized carbons (Fsp3) is 0.400. The van der Waals surface area contributed by atoms with Crippen molar-refractivity contribution < 1.29 is 4.74 Å². The van der Waals surface area contributed by atoms with Crippen LogP contribution in [0, 0.1) is 0 Å². The van der Waals surface area contributed by atoms with Gasteiger partial charge in [0, 0.05) is 24.8 Å². The lowest BCUT2D eigenvalue weighted by Gasteiger charge is -2.10. The number of benzene rings is 1. The third kappa shape index (κ3) is 3.15. The van der Waals surface area contributed by atoms with Crippen LogP contribution in [0.4, 0.5) is 0 Å². The molecule has 0 aliphatic carbocycles. The van der Waals surface area contributed by atoms with Gasteiger partial charge in [0.05, 0.1) is 13.3 Å². The van der Waals surface area contributed by atoms with Gasteiger partial charge in [0.15, 0.2) is 0 Å². The standard InChI is InChI=1S/C15H21N3O/c1-4-16-9-12-8-14(19-3)6-7-15(12)13-10-17-18(5-2)11-13/h6-8,10-11,16H,4-5,9H2,1-3H3. The van der Waals surface area contributed by atoms with Gasteiger partial charge in [-0.05, 0) is 36.7 Å². The molecule has 1 aromatic heterocycles. The van der Waals surface area contributed by atoms with E-state index < -0.39 is 0 Å². The molecule has 4 heteroatoms. The molecule has 4 nitrogen and oxygen atoms in total. The van der Waals surface area contributed by atoms with Crippen molar-refractivity contribution in [2.45, 2.75) is 26.9 Å². The largest absolute Gasteiger partial charge is 0.497 e. The van der Waals surface area contributed by atoms with E-state index in [0.29, 0.717) is 0 Å². The Morgan fingerprint density at radius 2 is 2.16 bits per heavy atom. The van der Waals surface area contributed by atoms with E-state index in [4.69, 9.17) is 4.74 Å². The average molecular weight is 259 g/mol. The molecule has 0 amide bonds. The Bertz CT molecular complexity index is 534. The number of hydrogen-bond acceptors (Lipinski definition) is 3. The second kappa shape index (κ2) is 6.38. The third-order valence-electron chi connectivity index (χ3n) is 3.15. The normalized spacial score (nSPS) is 10.7. The maximum absolute atomic E-state index is 5.30. The summed E-state index contributed by atoms with van der Waals surface area (Å²) in [7, 11) is 1.70. The molecule has 1 heterocycles. The van der Waals surface area contributed by atoms with Crippen LogP contribution in [0.15, 0.2) is 30.6 Å². The highest BCUT2D eigenvalue weighted by atomic mass is 16.5. The quantitative estimate of drug-likeness (QED) is 0.867. The van der Waals surface area contributed by atoms with Crippen molar-refractivity contribution in [2.24, 2.45) is 0 Å². The van der Waals surface area contributed by atoms with Gasteiger partial charge in [-0.3, -0.25) is 4.68 Å². The lowest BCUT2D eigenvalue weighted by Crippen LogP contribution is -2.12. The number of ether oxygens (including phenoxy) is 1. The molecule has 0 saturated heterocycles. The van der Waals surface area contributed by atoms with Crippen LogP contribution in [0.1, 0.15) is 19.4 Å². The molecule has 102 valence electrons. The maximum Gasteiger partial charge on any atom is 0.119 e. The molecule has 19 heavy (non-hydrogen) atoms. The molecule has 2 rings (SSSR count). The zero-order valence-corrected chi connectivity index (χ0v) is 11.8. The predicted octanol–water partition coefficient (Wildman–Crippen LogP) is 2.69. The van der Waals surface area contributed by atoms with Crippen LogP contribution in [0.25, 0.3) is 11.1 Å². The van der Waals surface area contributed by atoms with Gasteiger partial charge in [-0.15, -0.1) is 0 Å². The number of aryl methyl sites for hydroxylation is 1. The van der Waals surface area contributed by atoms with Gasteiger partial charge in [-0.2, -0.15) is 5.10 Å². The number of rotatable bonds is 6. The van der Waals surface area contributed by atoms with Crippen molar-refractivity contribution in [3.63, 3.8) is 0 Å². The Balaban J connectivity index is 2.36. The molecule has 1 aromatic carbocycles. The smallest absolute Gasteiger partial charge is 0.119 e. The minimum Gasteiger partial charge on any atom is -0.497 e. The molecule has 0 unspecified atom stereocenters. The van der Waals surface area contributed by atoms with Gasteiger partial charge in [-0.1, -0.05) is 13.0 Å². The molecule has 0 aliphatic heterocycles. The first kappa shape index (κ1) is 13.6. The van der Waals surface area contributed by atoms with Crippen molar-refractivity contribution in [3.8, 4) is 16.9 Å². The SMILES string of the molecule is CCNCc1cc(OC)ccc1-c1cnn(CC)c1. The molecule has 0 fully saturated rings. The summed E-state index contributed by atoms with van der Waals surface area (Å²) in [6.07, 6.45) is 4.00. The average Bonchev–Trinajstić information content (AvgIpc) is 2.93. The first-order chi connectivity index (χ1) is 9.28. The first-order valence-corrected chi connectivity index (χ1v) is 6.69. The van der Waals surface area contributed by atoms with Crippen LogP contribution in [-0.4, -0.2) is 23.4 Å². The highest BCUT2D eigenvalue weighted by Crippen LogP contribution is 2.27. The predicted molar refractivity (Wildman–Crippen MR) is 77.3 cm³/mol. The molecular formula is C15H21N3O. The maximum atomic E-state index is 5.30. The van der Waals surface area contributed by atoms with Crippen LogP contribution in [0.5, 0.6) is 5.75 Å². The molecule has 2 aromatic rings. The summed E-state index contributed by atoms with van der Waals surface area (Å²) < 4.78 is 7.24. The van der Waals surface area contributed by atoms with E-state index in [0.717, 1.165) is 30.9 Å². The minimum absolute atomic E-state index is 0.834. The zero-order chi connectivity index (χ0) is 13.7. The Kier molecular flexibility index (Phi) is 4.58. The number of methoxy groups -OCH3 is 1. The molecule has 0 saturated carbocycles. The van der Waals surface area contributed by atoms with Crippen LogP contribution in [0.2, 0.25) is 0 Å². The zero-order valence-electron chi connectivity index (χ0n) is 11.8. The molecular weight excluding hydrogens is 238 g/mol. The monoisotopic (exact) mass is 259 g/mol. The lowest BCUT2D eigenvalue weighted by molar-refractivity contribution is 0.414. The van der Waals surface area contributed by atoms with Gasteiger partial charge >= 0.3 is 0 Å². The van der Waals surface area contributed by atoms with E-state index in [1.807, 2.05) is 16.9 Å². The van der Waals surface area contributed by atoms with Crippen LogP contribution >= 0.6 is 0 Å². The summed E-state index contributed by atoms with van der Waals surface area (Å²) >= 11 is 0. The Morgan fingerprint density at radius 1 is 1.32 bits per heavy atom. The van der Waals surface area contributed by atoms with E-state index in [1.54, 1.807) is 7.11 Å². The molecule has 0 aliphatic rings. The van der Waals surface area contributed by atoms with E-state index in [2.05, 4.69) is 42.6 Å². The van der Waals surface area contributed by atoms with Crippen molar-refractivity contribution in [1.29, 1.82) is 0 Å². The minimum atomic E-state index is 0.834. The van der Waals surface area contributed by atoms with Crippen molar-refractivity contribution in [1.82, 2.24) is 15.1 Å². The highest BCUT2D eigenvalue weighted by Gasteiger charge is 2.08. The van der Waals surface area contributed by atoms with E-state index in [9.17, 15) is 0 Å². The van der Waals surface area contributed by atoms with Gasteiger partial charge < -0.3 is 10.1 Å². The number of aromatic nitrogens is 2. The topological polar surface area (TPSA) is 39.1 Å². The number of nitrogens with one attached hydrogen (secondary N) is 1. The van der Waals surface area contributed by atoms with Gasteiger partial charge in [0.1, 0.15) is 5.75 Å². The number of hydrogen-bond donors (Lipinski definition) is 1. The molecule has 1 N–H and O–H groups in total. The van der Waals surface area contributed by atoms with Gasteiger partial charge in [0.25, 0.3) is 0 Å². The van der Waals surface area contributed by atoms with E-state index >= 15 is 0 Å². The van der Waals surface area contributed by atoms with Crippen molar-refractivity contribution >= 4 is 0 Å². The summed E-state index contributed by atoms with van der Waals surface area (Å²) in [5.74, 6) is 0.888. The van der Waals surface area contributed by atoms with E-state index in [1.165, 1.54) is 11.1 Å². The summed E-state index contributed by atoms with van der Waals surface area (Å²) in [5, 5.41) is 7.70. The first-order valence-electron chi connectivity index (χ1n) is 6.69. The van der Waals surface area contributed by atoms with Crippen LogP contribution < -0.4 is 10.1 Å². The van der Waals surface area contributed by atoms with Crippen LogP contribution in [0.3, 0.4) is 0 Å². The molecule has 0 radical (unpaired) electrons. The molecule has 0 atom stereocenters. The highest BCUT2D eigenvalue weighted by molar-refractivity contribution is 5.67. The van der Waals surface area contributed by atoms with Crippen molar-refractivity contribution in [3.05, 3.63) is 36.2 Å². The summed E-state index contributed by atoms with van der Waals surface area (Å²) in [6.45, 7) is 6.86. The van der Waals surface area contributed by atoms with E-state index in [-0.39, 0.29) is 0 Å². The third-order valence-corrected chi connectivity index (χ3v) is 3.15. The molecule has 0 spiro atoms. The fourth-order valence-corrected chi connectivity index (χ4v) is 2.06. The van der Waals surface area contributed by atoms with Gasteiger partial charge in [-0.25, -0.2) is 0 Å². The summed E-state index contributed by atoms with van der Waals surface area (Å²) in [4.78, 5) is 0. The second-order valence-corrected chi connectivity index (χ2v) is 4.39. The summed E-state index contributed by atoms with van der Waals surface area (Å²) in [6, 6.07) is 6.18. The molecule has 0 bridgehead atoms. The van der Waals surface area contributed by atoms with Crippen molar-refractivity contribution in [2.75, 3.05) is 13.7 Å². The van der Waals surface area contributed by atoms with Crippen LogP contribution in [-0.2, 0) is 13.1 Å².